The van der Waals surface area contributed by atoms with Gasteiger partial charge in [0.05, 0.1) is 11.4 Å². The number of rotatable bonds is 5. The molecule has 0 spiro atoms. The Labute approximate surface area is 137 Å². The summed E-state index contributed by atoms with van der Waals surface area (Å²) in [5.74, 6) is -0.271. The maximum absolute atomic E-state index is 12.4. The van der Waals surface area contributed by atoms with E-state index < -0.39 is 10.0 Å². The first-order valence-electron chi connectivity index (χ1n) is 7.29. The van der Waals surface area contributed by atoms with Crippen molar-refractivity contribution >= 4 is 27.3 Å². The highest BCUT2D eigenvalue weighted by Crippen LogP contribution is 2.20. The Hall–Kier alpha value is -2.34. The highest BCUT2D eigenvalue weighted by atomic mass is 32.2. The molecule has 122 valence electrons. The van der Waals surface area contributed by atoms with Gasteiger partial charge in [-0.1, -0.05) is 24.3 Å². The number of sulfonamides is 1. The molecule has 0 unspecified atom stereocenters. The quantitative estimate of drug-likeness (QED) is 0.915. The van der Waals surface area contributed by atoms with Gasteiger partial charge < -0.3 is 5.32 Å². The molecule has 0 aliphatic heterocycles. The number of para-hydroxylation sites is 1. The highest BCUT2D eigenvalue weighted by molar-refractivity contribution is 7.92. The summed E-state index contributed by atoms with van der Waals surface area (Å²) in [5, 5.41) is 2.84. The van der Waals surface area contributed by atoms with Crippen molar-refractivity contribution in [2.45, 2.75) is 13.8 Å². The Morgan fingerprint density at radius 2 is 1.83 bits per heavy atom. The van der Waals surface area contributed by atoms with Gasteiger partial charge in [0, 0.05) is 18.3 Å². The molecule has 6 heteroatoms. The predicted molar refractivity (Wildman–Crippen MR) is 93.4 cm³/mol. The molecule has 23 heavy (non-hydrogen) atoms. The predicted octanol–water partition coefficient (Wildman–Crippen LogP) is 3.03. The van der Waals surface area contributed by atoms with Crippen LogP contribution < -0.4 is 9.62 Å². The lowest BCUT2D eigenvalue weighted by molar-refractivity contribution is 0.102. The van der Waals surface area contributed by atoms with Crippen molar-refractivity contribution in [3.63, 3.8) is 0 Å². The first-order valence-corrected chi connectivity index (χ1v) is 8.89. The molecule has 2 aromatic carbocycles. The van der Waals surface area contributed by atoms with E-state index in [4.69, 9.17) is 0 Å². The molecular formula is C17H20N2O3S. The van der Waals surface area contributed by atoms with Crippen LogP contribution in [0, 0.1) is 6.92 Å². The van der Waals surface area contributed by atoms with Crippen molar-refractivity contribution in [2.24, 2.45) is 0 Å². The van der Waals surface area contributed by atoms with Crippen molar-refractivity contribution < 1.29 is 13.2 Å². The topological polar surface area (TPSA) is 66.5 Å². The fraction of sp³-hybridized carbons (Fsp3) is 0.235. The molecule has 1 amide bonds. The van der Waals surface area contributed by atoms with Gasteiger partial charge in [0.15, 0.2) is 0 Å². The lowest BCUT2D eigenvalue weighted by Crippen LogP contribution is -2.28. The Morgan fingerprint density at radius 3 is 2.48 bits per heavy atom. The minimum atomic E-state index is -3.36. The van der Waals surface area contributed by atoms with Gasteiger partial charge in [0.1, 0.15) is 0 Å². The Bertz CT molecular complexity index is 816. The Kier molecular flexibility index (Phi) is 5.05. The number of carbonyl (C=O) groups is 1. The molecule has 0 aromatic heterocycles. The molecular weight excluding hydrogens is 312 g/mol. The molecule has 0 aliphatic carbocycles. The average Bonchev–Trinajstić information content (AvgIpc) is 2.56. The second kappa shape index (κ2) is 6.83. The average molecular weight is 332 g/mol. The van der Waals surface area contributed by atoms with E-state index in [1.165, 1.54) is 11.4 Å². The number of hydrogen-bond acceptors (Lipinski definition) is 3. The SMILES string of the molecule is CCS(=O)(=O)N(C)c1cccc(C(=O)Nc2ccccc2C)c1. The van der Waals surface area contributed by atoms with Crippen LogP contribution in [-0.4, -0.2) is 27.1 Å². The number of carbonyl (C=O) groups excluding carboxylic acids is 1. The van der Waals surface area contributed by atoms with Crippen molar-refractivity contribution in [1.82, 2.24) is 0 Å². The third-order valence-corrected chi connectivity index (χ3v) is 5.42. The summed E-state index contributed by atoms with van der Waals surface area (Å²) in [6.07, 6.45) is 0. The zero-order valence-electron chi connectivity index (χ0n) is 13.4. The van der Waals surface area contributed by atoms with Crippen molar-refractivity contribution in [3.05, 3.63) is 59.7 Å². The normalized spacial score (nSPS) is 11.1. The molecule has 0 aliphatic rings. The van der Waals surface area contributed by atoms with Gasteiger partial charge in [-0.25, -0.2) is 8.42 Å². The van der Waals surface area contributed by atoms with Crippen LogP contribution in [0.15, 0.2) is 48.5 Å². The van der Waals surface area contributed by atoms with Crippen LogP contribution in [0.2, 0.25) is 0 Å². The first kappa shape index (κ1) is 17.0. The summed E-state index contributed by atoms with van der Waals surface area (Å²) in [7, 11) is -1.87. The van der Waals surface area contributed by atoms with Gasteiger partial charge >= 0.3 is 0 Å². The number of aryl methyl sites for hydroxylation is 1. The largest absolute Gasteiger partial charge is 0.322 e. The minimum Gasteiger partial charge on any atom is -0.322 e. The van der Waals surface area contributed by atoms with Crippen LogP contribution in [0.25, 0.3) is 0 Å². The smallest absolute Gasteiger partial charge is 0.255 e. The Balaban J connectivity index is 2.26. The van der Waals surface area contributed by atoms with E-state index in [2.05, 4.69) is 5.32 Å². The van der Waals surface area contributed by atoms with Gasteiger partial charge in [-0.3, -0.25) is 9.10 Å². The van der Waals surface area contributed by atoms with E-state index in [1.54, 1.807) is 31.2 Å². The minimum absolute atomic E-state index is 0.00311. The molecule has 2 rings (SSSR count). The number of amides is 1. The lowest BCUT2D eigenvalue weighted by Gasteiger charge is -2.19. The summed E-state index contributed by atoms with van der Waals surface area (Å²) >= 11 is 0. The monoisotopic (exact) mass is 332 g/mol. The molecule has 0 fully saturated rings. The second-order valence-electron chi connectivity index (χ2n) is 5.19. The fourth-order valence-electron chi connectivity index (χ4n) is 2.10. The Morgan fingerprint density at radius 1 is 1.13 bits per heavy atom. The maximum atomic E-state index is 12.4. The summed E-state index contributed by atoms with van der Waals surface area (Å²) < 4.78 is 25.1. The van der Waals surface area contributed by atoms with Gasteiger partial charge in [-0.15, -0.1) is 0 Å². The number of nitrogens with one attached hydrogen (secondary N) is 1. The van der Waals surface area contributed by atoms with Crippen LogP contribution in [0.1, 0.15) is 22.8 Å². The zero-order valence-corrected chi connectivity index (χ0v) is 14.2. The third-order valence-electron chi connectivity index (χ3n) is 3.65. The third kappa shape index (κ3) is 3.90. The van der Waals surface area contributed by atoms with Gasteiger partial charge in [-0.2, -0.15) is 0 Å². The van der Waals surface area contributed by atoms with E-state index >= 15 is 0 Å². The van der Waals surface area contributed by atoms with Crippen LogP contribution in [-0.2, 0) is 10.0 Å². The van der Waals surface area contributed by atoms with Crippen LogP contribution in [0.3, 0.4) is 0 Å². The standard InChI is InChI=1S/C17H20N2O3S/c1-4-23(21,22)19(3)15-10-7-9-14(12-15)17(20)18-16-11-6-5-8-13(16)2/h5-12H,4H2,1-3H3,(H,18,20). The van der Waals surface area contributed by atoms with E-state index in [0.717, 1.165) is 11.3 Å². The van der Waals surface area contributed by atoms with Crippen molar-refractivity contribution in [1.29, 1.82) is 0 Å². The molecule has 2 aromatic rings. The summed E-state index contributed by atoms with van der Waals surface area (Å²) in [4.78, 5) is 12.4. The summed E-state index contributed by atoms with van der Waals surface area (Å²) in [6.45, 7) is 3.49. The maximum Gasteiger partial charge on any atom is 0.255 e. The number of hydrogen-bond donors (Lipinski definition) is 1. The van der Waals surface area contributed by atoms with Crippen LogP contribution >= 0.6 is 0 Å². The molecule has 5 nitrogen and oxygen atoms in total. The van der Waals surface area contributed by atoms with E-state index in [0.29, 0.717) is 11.3 Å². The van der Waals surface area contributed by atoms with Gasteiger partial charge in [-0.05, 0) is 43.7 Å². The molecule has 0 saturated heterocycles. The van der Waals surface area contributed by atoms with E-state index in [9.17, 15) is 13.2 Å². The van der Waals surface area contributed by atoms with Gasteiger partial charge in [0.2, 0.25) is 10.0 Å². The number of nitrogens with zero attached hydrogens (tertiary/aromatic N) is 1. The summed E-state index contributed by atoms with van der Waals surface area (Å²) in [5.41, 5.74) is 2.56. The highest BCUT2D eigenvalue weighted by Gasteiger charge is 2.17. The molecule has 0 bridgehead atoms. The number of anilines is 2. The molecule has 0 atom stereocenters. The lowest BCUT2D eigenvalue weighted by atomic mass is 10.1. The molecule has 0 heterocycles. The first-order chi connectivity index (χ1) is 10.8. The second-order valence-corrected chi connectivity index (χ2v) is 7.48. The zero-order chi connectivity index (χ0) is 17.0. The summed E-state index contributed by atoms with van der Waals surface area (Å²) in [6, 6.07) is 14.0. The van der Waals surface area contributed by atoms with E-state index in [-0.39, 0.29) is 11.7 Å². The van der Waals surface area contributed by atoms with Crippen LogP contribution in [0.4, 0.5) is 11.4 Å². The van der Waals surface area contributed by atoms with E-state index in [1.807, 2.05) is 31.2 Å². The number of benzene rings is 2. The van der Waals surface area contributed by atoms with Crippen molar-refractivity contribution in [3.8, 4) is 0 Å². The fourth-order valence-corrected chi connectivity index (χ4v) is 2.93. The molecule has 1 N–H and O–H groups in total. The molecule has 0 radical (unpaired) electrons. The van der Waals surface area contributed by atoms with Gasteiger partial charge in [0.25, 0.3) is 5.91 Å². The van der Waals surface area contributed by atoms with Crippen molar-refractivity contribution in [2.75, 3.05) is 22.4 Å². The van der Waals surface area contributed by atoms with Crippen LogP contribution in [0.5, 0.6) is 0 Å². The molecule has 0 saturated carbocycles.